The second-order valence-electron chi connectivity index (χ2n) is 14.9. The van der Waals surface area contributed by atoms with Crippen molar-refractivity contribution in [1.29, 1.82) is 0 Å². The lowest BCUT2D eigenvalue weighted by Crippen LogP contribution is -2.41. The lowest BCUT2D eigenvalue weighted by molar-refractivity contribution is 0.00578. The third-order valence-corrected chi connectivity index (χ3v) is 10.5. The quantitative estimate of drug-likeness (QED) is 0.112. The van der Waals surface area contributed by atoms with E-state index >= 15 is 0 Å². The van der Waals surface area contributed by atoms with Crippen molar-refractivity contribution in [3.05, 3.63) is 175 Å². The molecular formula is C48H45BN2O2. The second-order valence-corrected chi connectivity index (χ2v) is 14.9. The normalized spacial score (nSPS) is 15.0. The molecule has 2 aromatic heterocycles. The van der Waals surface area contributed by atoms with Crippen LogP contribution in [0.2, 0.25) is 0 Å². The van der Waals surface area contributed by atoms with Crippen LogP contribution in [0.4, 0.5) is 0 Å². The fourth-order valence-corrected chi connectivity index (χ4v) is 6.65. The highest BCUT2D eigenvalue weighted by Gasteiger charge is 2.51. The van der Waals surface area contributed by atoms with E-state index in [9.17, 15) is 0 Å². The molecule has 0 amide bonds. The molecule has 1 aliphatic heterocycles. The molecule has 0 atom stereocenters. The van der Waals surface area contributed by atoms with Crippen LogP contribution in [0.25, 0.3) is 55.9 Å². The van der Waals surface area contributed by atoms with Gasteiger partial charge in [0.15, 0.2) is 0 Å². The van der Waals surface area contributed by atoms with Crippen LogP contribution in [0.15, 0.2) is 153 Å². The zero-order valence-corrected chi connectivity index (χ0v) is 31.5. The van der Waals surface area contributed by atoms with Gasteiger partial charge in [0.25, 0.3) is 0 Å². The monoisotopic (exact) mass is 692 g/mol. The summed E-state index contributed by atoms with van der Waals surface area (Å²) < 4.78 is 13.2. The first-order chi connectivity index (χ1) is 25.4. The number of benzene rings is 4. The van der Waals surface area contributed by atoms with Crippen LogP contribution in [0.5, 0.6) is 0 Å². The molecule has 0 bridgehead atoms. The molecule has 53 heavy (non-hydrogen) atoms. The zero-order chi connectivity index (χ0) is 37.3. The van der Waals surface area contributed by atoms with Crippen LogP contribution in [-0.2, 0) is 9.31 Å². The molecule has 3 heterocycles. The number of rotatable bonds is 9. The highest BCUT2D eigenvalue weighted by molar-refractivity contribution is 6.62. The van der Waals surface area contributed by atoms with Gasteiger partial charge in [-0.15, -0.1) is 0 Å². The maximum Gasteiger partial charge on any atom is 0.494 e. The smallest absolute Gasteiger partial charge is 0.399 e. The SMILES string of the molecule is C=C/C=C(\C(=C)c1ccc(-c2ccc(C)cn2)cc1)c1cc(B2OC(C)(C)C(C)(C)O2)cc(-c2ccccc2-c2ccc(-c3ccc(C)cn3)cc2)c1. The first-order valence-corrected chi connectivity index (χ1v) is 18.1. The summed E-state index contributed by atoms with van der Waals surface area (Å²) in [4.78, 5) is 9.25. The molecule has 0 aliphatic carbocycles. The van der Waals surface area contributed by atoms with Gasteiger partial charge in [-0.2, -0.15) is 0 Å². The molecule has 0 spiro atoms. The van der Waals surface area contributed by atoms with E-state index in [1.807, 2.05) is 31.5 Å². The van der Waals surface area contributed by atoms with E-state index in [-0.39, 0.29) is 0 Å². The van der Waals surface area contributed by atoms with Gasteiger partial charge in [-0.05, 0) is 121 Å². The Balaban J connectivity index is 1.31. The number of aromatic nitrogens is 2. The van der Waals surface area contributed by atoms with E-state index < -0.39 is 18.3 Å². The van der Waals surface area contributed by atoms with Crippen LogP contribution in [0, 0.1) is 13.8 Å². The fourth-order valence-electron chi connectivity index (χ4n) is 6.65. The van der Waals surface area contributed by atoms with Crippen molar-refractivity contribution >= 4 is 23.7 Å². The van der Waals surface area contributed by atoms with E-state index in [0.29, 0.717) is 0 Å². The summed E-state index contributed by atoms with van der Waals surface area (Å²) in [7, 11) is -0.549. The van der Waals surface area contributed by atoms with Gasteiger partial charge in [-0.3, -0.25) is 9.97 Å². The minimum atomic E-state index is -0.549. The summed E-state index contributed by atoms with van der Waals surface area (Å²) in [6.45, 7) is 21.1. The minimum absolute atomic E-state index is 0.489. The Bertz CT molecular complexity index is 2300. The Morgan fingerprint density at radius 1 is 0.604 bits per heavy atom. The molecule has 262 valence electrons. The standard InChI is InChI=1S/C48H45BN2O2/c1-9-12-42(34(4)35-17-21-37(22-18-35)45-25-15-32(2)30-50-45)39-27-40(29-41(28-39)49-52-47(5,6)48(7,8)53-49)44-14-11-10-13-43(44)36-19-23-38(24-20-36)46-26-16-33(3)31-51-46/h9-31H,1,4H2,2-3,5-8H3/b42-12+. The predicted molar refractivity (Wildman–Crippen MR) is 223 cm³/mol. The topological polar surface area (TPSA) is 44.2 Å². The molecule has 0 N–H and O–H groups in total. The third kappa shape index (κ3) is 7.37. The van der Waals surface area contributed by atoms with Crippen molar-refractivity contribution in [2.24, 2.45) is 0 Å². The summed E-state index contributed by atoms with van der Waals surface area (Å²) in [6, 6.07) is 40.5. The maximum absolute atomic E-state index is 6.62. The summed E-state index contributed by atoms with van der Waals surface area (Å²) >= 11 is 0. The van der Waals surface area contributed by atoms with E-state index in [4.69, 9.17) is 9.31 Å². The Hall–Kier alpha value is -5.62. The number of aryl methyl sites for hydroxylation is 2. The molecule has 7 rings (SSSR count). The predicted octanol–water partition coefficient (Wildman–Crippen LogP) is 11.3. The molecular weight excluding hydrogens is 647 g/mol. The van der Waals surface area contributed by atoms with E-state index in [2.05, 4.69) is 173 Å². The second kappa shape index (κ2) is 14.4. The molecule has 1 saturated heterocycles. The fraction of sp³-hybridized carbons (Fsp3) is 0.167. The van der Waals surface area contributed by atoms with Gasteiger partial charge in [0, 0.05) is 23.5 Å². The van der Waals surface area contributed by atoms with Crippen LogP contribution in [0.3, 0.4) is 0 Å². The largest absolute Gasteiger partial charge is 0.494 e. The molecule has 0 unspecified atom stereocenters. The van der Waals surface area contributed by atoms with Gasteiger partial charge in [0.2, 0.25) is 0 Å². The van der Waals surface area contributed by atoms with E-state index in [0.717, 1.165) is 83.6 Å². The van der Waals surface area contributed by atoms with Gasteiger partial charge < -0.3 is 9.31 Å². The van der Waals surface area contributed by atoms with Gasteiger partial charge in [-0.25, -0.2) is 0 Å². The molecule has 0 radical (unpaired) electrons. The van der Waals surface area contributed by atoms with E-state index in [1.165, 1.54) is 0 Å². The van der Waals surface area contributed by atoms with Crippen LogP contribution >= 0.6 is 0 Å². The first-order valence-electron chi connectivity index (χ1n) is 18.1. The lowest BCUT2D eigenvalue weighted by atomic mass is 9.75. The van der Waals surface area contributed by atoms with Gasteiger partial charge >= 0.3 is 7.12 Å². The third-order valence-electron chi connectivity index (χ3n) is 10.5. The van der Waals surface area contributed by atoms with Crippen molar-refractivity contribution in [1.82, 2.24) is 9.97 Å². The Kier molecular flexibility index (Phi) is 9.74. The highest BCUT2D eigenvalue weighted by atomic mass is 16.7. The first kappa shape index (κ1) is 35.8. The van der Waals surface area contributed by atoms with Crippen molar-refractivity contribution in [3.63, 3.8) is 0 Å². The average molecular weight is 693 g/mol. The number of hydrogen-bond donors (Lipinski definition) is 0. The molecule has 4 nitrogen and oxygen atoms in total. The Labute approximate surface area is 314 Å². The highest BCUT2D eigenvalue weighted by Crippen LogP contribution is 2.40. The summed E-state index contributed by atoms with van der Waals surface area (Å²) in [5.41, 5.74) is 14.5. The van der Waals surface area contributed by atoms with Crippen LogP contribution in [0.1, 0.15) is 49.9 Å². The molecule has 4 aromatic carbocycles. The van der Waals surface area contributed by atoms with Crippen molar-refractivity contribution in [2.75, 3.05) is 0 Å². The summed E-state index contributed by atoms with van der Waals surface area (Å²) in [5.74, 6) is 0. The lowest BCUT2D eigenvalue weighted by Gasteiger charge is -2.32. The van der Waals surface area contributed by atoms with Crippen LogP contribution in [-0.4, -0.2) is 28.3 Å². The average Bonchev–Trinajstić information content (AvgIpc) is 3.40. The number of hydrogen-bond acceptors (Lipinski definition) is 4. The molecule has 0 saturated carbocycles. The maximum atomic E-state index is 6.62. The van der Waals surface area contributed by atoms with Crippen molar-refractivity contribution in [2.45, 2.75) is 52.7 Å². The summed E-state index contributed by atoms with van der Waals surface area (Å²) in [5, 5.41) is 0. The van der Waals surface area contributed by atoms with Crippen molar-refractivity contribution < 1.29 is 9.31 Å². The molecule has 6 aromatic rings. The van der Waals surface area contributed by atoms with Crippen LogP contribution < -0.4 is 5.46 Å². The Morgan fingerprint density at radius 2 is 1.11 bits per heavy atom. The number of allylic oxidation sites excluding steroid dienone is 4. The van der Waals surface area contributed by atoms with Gasteiger partial charge in [-0.1, -0.05) is 122 Å². The van der Waals surface area contributed by atoms with Gasteiger partial charge in [0.05, 0.1) is 22.6 Å². The van der Waals surface area contributed by atoms with E-state index in [1.54, 1.807) is 0 Å². The minimum Gasteiger partial charge on any atom is -0.399 e. The number of nitrogens with zero attached hydrogens (tertiary/aromatic N) is 2. The van der Waals surface area contributed by atoms with Gasteiger partial charge in [0.1, 0.15) is 0 Å². The Morgan fingerprint density at radius 3 is 1.62 bits per heavy atom. The molecule has 1 aliphatic rings. The van der Waals surface area contributed by atoms with Crippen molar-refractivity contribution in [3.8, 4) is 44.8 Å². The number of pyridine rings is 2. The molecule has 5 heteroatoms. The zero-order valence-electron chi connectivity index (χ0n) is 31.5. The molecule has 1 fully saturated rings. The summed E-state index contributed by atoms with van der Waals surface area (Å²) in [6.07, 6.45) is 7.66.